The molecule has 0 saturated carbocycles. The van der Waals surface area contributed by atoms with Crippen LogP contribution in [0.5, 0.6) is 0 Å². The van der Waals surface area contributed by atoms with Crippen LogP contribution in [0.25, 0.3) is 11.1 Å². The molecule has 0 aliphatic rings. The van der Waals surface area contributed by atoms with Crippen molar-refractivity contribution in [2.45, 2.75) is 6.92 Å². The van der Waals surface area contributed by atoms with Gasteiger partial charge >= 0.3 is 10.3 Å². The third-order valence-corrected chi connectivity index (χ3v) is 3.28. The van der Waals surface area contributed by atoms with Gasteiger partial charge in [0.2, 0.25) is 0 Å². The van der Waals surface area contributed by atoms with Gasteiger partial charge < -0.3 is 4.55 Å². The van der Waals surface area contributed by atoms with E-state index in [0.29, 0.717) is 3.97 Å². The van der Waals surface area contributed by atoms with Crippen molar-refractivity contribution < 1.29 is 16.9 Å². The van der Waals surface area contributed by atoms with Crippen molar-refractivity contribution in [3.05, 3.63) is 54.4 Å². The topological polar surface area (TPSA) is 61.1 Å². The Bertz CT molecular complexity index is 633. The molecule has 0 saturated heterocycles. The maximum Gasteiger partial charge on any atom is 0.329 e. The van der Waals surface area contributed by atoms with Gasteiger partial charge in [0.25, 0.3) is 0 Å². The number of hydrogen-bond acceptors (Lipinski definition) is 3. The lowest BCUT2D eigenvalue weighted by Crippen LogP contribution is -2.41. The fourth-order valence-corrected chi connectivity index (χ4v) is 2.06. The van der Waals surface area contributed by atoms with Gasteiger partial charge in [0.1, 0.15) is 0 Å². The molecule has 1 aromatic carbocycles. The first-order valence-corrected chi connectivity index (χ1v) is 6.39. The number of pyridine rings is 1. The predicted molar refractivity (Wildman–Crippen MR) is 61.9 cm³/mol. The maximum absolute atomic E-state index is 10.8. The smallest absolute Gasteiger partial charge is 0.329 e. The van der Waals surface area contributed by atoms with E-state index in [-0.39, 0.29) is 0 Å². The van der Waals surface area contributed by atoms with Crippen molar-refractivity contribution >= 4 is 10.3 Å². The van der Waals surface area contributed by atoms with E-state index in [1.165, 1.54) is 12.4 Å². The highest BCUT2D eigenvalue weighted by Crippen LogP contribution is 2.21. The molecule has 0 amide bonds. The zero-order chi connectivity index (χ0) is 12.5. The summed E-state index contributed by atoms with van der Waals surface area (Å²) in [5, 5.41) is 0. The minimum atomic E-state index is -4.45. The third kappa shape index (κ3) is 2.51. The average Bonchev–Trinajstić information content (AvgIpc) is 2.29. The summed E-state index contributed by atoms with van der Waals surface area (Å²) in [7, 11) is -4.45. The van der Waals surface area contributed by atoms with Crippen molar-refractivity contribution in [2.75, 3.05) is 0 Å². The van der Waals surface area contributed by atoms with Crippen LogP contribution in [0.15, 0.2) is 48.8 Å². The normalized spacial score (nSPS) is 11.4. The summed E-state index contributed by atoms with van der Waals surface area (Å²) in [6.45, 7) is 1.97. The van der Waals surface area contributed by atoms with Crippen LogP contribution in [0.3, 0.4) is 0 Å². The first kappa shape index (κ1) is 11.8. The lowest BCUT2D eigenvalue weighted by molar-refractivity contribution is -0.519. The summed E-state index contributed by atoms with van der Waals surface area (Å²) in [5.41, 5.74) is 2.99. The molecule has 0 spiro atoms. The SMILES string of the molecule is Cc1ccccc1-c1cc[n+](S(=O)(=O)[O-])cc1. The van der Waals surface area contributed by atoms with Gasteiger partial charge in [-0.2, -0.15) is 8.42 Å². The van der Waals surface area contributed by atoms with Gasteiger partial charge in [-0.25, -0.2) is 0 Å². The Labute approximate surface area is 100 Å². The van der Waals surface area contributed by atoms with Crippen molar-refractivity contribution in [3.8, 4) is 11.1 Å². The average molecular weight is 249 g/mol. The molecule has 0 N–H and O–H groups in total. The summed E-state index contributed by atoms with van der Waals surface area (Å²) in [6, 6.07) is 11.0. The van der Waals surface area contributed by atoms with Crippen molar-refractivity contribution in [3.63, 3.8) is 0 Å². The molecule has 0 aliphatic heterocycles. The van der Waals surface area contributed by atoms with Crippen LogP contribution in [0.1, 0.15) is 5.56 Å². The van der Waals surface area contributed by atoms with E-state index in [4.69, 9.17) is 0 Å². The maximum atomic E-state index is 10.8. The molecule has 0 atom stereocenters. The van der Waals surface area contributed by atoms with Crippen LogP contribution in [-0.2, 0) is 10.3 Å². The number of rotatable bonds is 2. The van der Waals surface area contributed by atoms with Crippen molar-refractivity contribution in [1.82, 2.24) is 0 Å². The monoisotopic (exact) mass is 249 g/mol. The lowest BCUT2D eigenvalue weighted by atomic mass is 10.0. The first-order chi connectivity index (χ1) is 7.98. The molecule has 17 heavy (non-hydrogen) atoms. The van der Waals surface area contributed by atoms with Crippen LogP contribution in [-0.4, -0.2) is 13.0 Å². The molecule has 0 aliphatic carbocycles. The number of nitrogens with zero attached hydrogens (tertiary/aromatic N) is 1. The molecule has 88 valence electrons. The van der Waals surface area contributed by atoms with E-state index in [9.17, 15) is 13.0 Å². The molecular weight excluding hydrogens is 238 g/mol. The van der Waals surface area contributed by atoms with E-state index in [2.05, 4.69) is 0 Å². The quantitative estimate of drug-likeness (QED) is 0.594. The molecule has 1 heterocycles. The Morgan fingerprint density at radius 3 is 2.18 bits per heavy atom. The van der Waals surface area contributed by atoms with Gasteiger partial charge in [0.05, 0.1) is 0 Å². The summed E-state index contributed by atoms with van der Waals surface area (Å²) in [5.74, 6) is 0. The third-order valence-electron chi connectivity index (χ3n) is 2.52. The van der Waals surface area contributed by atoms with Crippen LogP contribution in [0, 0.1) is 6.92 Å². The highest BCUT2D eigenvalue weighted by atomic mass is 32.2. The number of aryl methyl sites for hydroxylation is 1. The summed E-state index contributed by atoms with van der Waals surface area (Å²) in [6.07, 6.45) is 2.51. The van der Waals surface area contributed by atoms with Crippen LogP contribution in [0.4, 0.5) is 0 Å². The van der Waals surface area contributed by atoms with Gasteiger partial charge in [0, 0.05) is 12.1 Å². The van der Waals surface area contributed by atoms with Crippen LogP contribution < -0.4 is 3.97 Å². The zero-order valence-corrected chi connectivity index (χ0v) is 10.0. The minimum absolute atomic E-state index is 0.648. The fourth-order valence-electron chi connectivity index (χ4n) is 1.64. The molecule has 2 rings (SSSR count). The number of benzene rings is 1. The molecule has 5 heteroatoms. The van der Waals surface area contributed by atoms with Gasteiger partial charge in [-0.1, -0.05) is 24.3 Å². The second-order valence-electron chi connectivity index (χ2n) is 3.69. The Morgan fingerprint density at radius 1 is 1.06 bits per heavy atom. The van der Waals surface area contributed by atoms with Gasteiger partial charge in [-0.3, -0.25) is 0 Å². The van der Waals surface area contributed by atoms with Crippen LogP contribution >= 0.6 is 0 Å². The molecule has 0 bridgehead atoms. The second-order valence-corrected chi connectivity index (χ2v) is 4.97. The molecule has 0 fully saturated rings. The van der Waals surface area contributed by atoms with Gasteiger partial charge in [-0.15, -0.1) is 3.97 Å². The lowest BCUT2D eigenvalue weighted by Gasteiger charge is -2.05. The zero-order valence-electron chi connectivity index (χ0n) is 9.20. The number of hydrogen-bond donors (Lipinski definition) is 0. The first-order valence-electron chi connectivity index (χ1n) is 5.02. The van der Waals surface area contributed by atoms with E-state index < -0.39 is 10.3 Å². The van der Waals surface area contributed by atoms with Gasteiger partial charge in [0.15, 0.2) is 12.4 Å². The van der Waals surface area contributed by atoms with Crippen LogP contribution in [0.2, 0.25) is 0 Å². The fraction of sp³-hybridized carbons (Fsp3) is 0.0833. The van der Waals surface area contributed by atoms with E-state index in [1.54, 1.807) is 12.1 Å². The molecule has 4 nitrogen and oxygen atoms in total. The Kier molecular flexibility index (Phi) is 2.95. The minimum Gasteiger partial charge on any atom is -0.693 e. The van der Waals surface area contributed by atoms with Crippen molar-refractivity contribution in [2.24, 2.45) is 0 Å². The summed E-state index contributed by atoms with van der Waals surface area (Å²) in [4.78, 5) is 0. The predicted octanol–water partition coefficient (Wildman–Crippen LogP) is 1.26. The molecule has 0 unspecified atom stereocenters. The van der Waals surface area contributed by atoms with Gasteiger partial charge in [-0.05, 0) is 23.6 Å². The van der Waals surface area contributed by atoms with E-state index >= 15 is 0 Å². The van der Waals surface area contributed by atoms with Crippen molar-refractivity contribution in [1.29, 1.82) is 0 Å². The second kappa shape index (κ2) is 4.27. The Morgan fingerprint density at radius 2 is 1.65 bits per heavy atom. The largest absolute Gasteiger partial charge is 0.693 e. The Balaban J connectivity index is 2.47. The molecule has 0 radical (unpaired) electrons. The van der Waals surface area contributed by atoms with E-state index in [1.807, 2.05) is 31.2 Å². The molecular formula is C12H11NO3S. The molecule has 1 aromatic heterocycles. The number of aromatic nitrogens is 1. The standard InChI is InChI=1S/C12H11NO3S/c1-10-4-2-3-5-12(10)11-6-8-13(9-7-11)17(14,15)16/h2-9H,1H3. The highest BCUT2D eigenvalue weighted by Gasteiger charge is 2.09. The summed E-state index contributed by atoms with van der Waals surface area (Å²) >= 11 is 0. The Hall–Kier alpha value is -1.72. The summed E-state index contributed by atoms with van der Waals surface area (Å²) < 4.78 is 32.9. The molecule has 2 aromatic rings. The highest BCUT2D eigenvalue weighted by molar-refractivity contribution is 7.78. The van der Waals surface area contributed by atoms with E-state index in [0.717, 1.165) is 16.7 Å².